The number of nitrogens with two attached hydrogens (primary N) is 1. The number of carbonyl (C=O) groups is 1. The molecule has 0 spiro atoms. The van der Waals surface area contributed by atoms with Gasteiger partial charge in [0.15, 0.2) is 0 Å². The molecule has 2 atom stereocenters. The number of hydrogen-bond acceptors (Lipinski definition) is 3. The van der Waals surface area contributed by atoms with Crippen molar-refractivity contribution >= 4 is 11.6 Å². The van der Waals surface area contributed by atoms with Gasteiger partial charge in [-0.05, 0) is 30.9 Å². The number of aromatic nitrogens is 2. The maximum Gasteiger partial charge on any atom is 0.241 e. The molecule has 0 bridgehead atoms. The van der Waals surface area contributed by atoms with Crippen LogP contribution in [0.25, 0.3) is 11.3 Å². The predicted molar refractivity (Wildman–Crippen MR) is 96.7 cm³/mol. The highest BCUT2D eigenvalue weighted by Crippen LogP contribution is 2.24. The fraction of sp³-hybridized carbons (Fsp3) is 0.474. The van der Waals surface area contributed by atoms with Crippen molar-refractivity contribution in [3.63, 3.8) is 0 Å². The first kappa shape index (κ1) is 16.7. The minimum atomic E-state index is -0.477. The van der Waals surface area contributed by atoms with Crippen LogP contribution < -0.4 is 11.1 Å². The molecule has 5 nitrogen and oxygen atoms in total. The number of imidazole rings is 1. The summed E-state index contributed by atoms with van der Waals surface area (Å²) in [5, 5.41) is 2.89. The Hall–Kier alpha value is -2.14. The highest BCUT2D eigenvalue weighted by molar-refractivity contribution is 5.95. The zero-order valence-electron chi connectivity index (χ0n) is 14.5. The summed E-state index contributed by atoms with van der Waals surface area (Å²) >= 11 is 0. The van der Waals surface area contributed by atoms with Gasteiger partial charge in [-0.1, -0.05) is 32.4 Å². The normalized spacial score (nSPS) is 16.3. The van der Waals surface area contributed by atoms with Gasteiger partial charge in [-0.25, -0.2) is 4.98 Å². The summed E-state index contributed by atoms with van der Waals surface area (Å²) in [4.78, 5) is 16.9. The number of amides is 1. The van der Waals surface area contributed by atoms with E-state index in [1.807, 2.05) is 38.1 Å². The lowest BCUT2D eigenvalue weighted by molar-refractivity contribution is -0.118. The Labute approximate surface area is 143 Å². The van der Waals surface area contributed by atoms with Gasteiger partial charge in [-0.2, -0.15) is 0 Å². The van der Waals surface area contributed by atoms with Crippen LogP contribution >= 0.6 is 0 Å². The summed E-state index contributed by atoms with van der Waals surface area (Å²) in [5.74, 6) is 1.21. The quantitative estimate of drug-likeness (QED) is 0.886. The predicted octanol–water partition coefficient (Wildman–Crippen LogP) is 3.20. The summed E-state index contributed by atoms with van der Waals surface area (Å²) in [7, 11) is 0. The molecule has 1 aromatic carbocycles. The molecule has 5 heteroatoms. The third kappa shape index (κ3) is 3.51. The third-order valence-electron chi connectivity index (χ3n) is 4.92. The summed E-state index contributed by atoms with van der Waals surface area (Å²) in [6.07, 6.45) is 6.52. The zero-order valence-corrected chi connectivity index (χ0v) is 14.5. The van der Waals surface area contributed by atoms with Crippen molar-refractivity contribution in [3.8, 4) is 11.3 Å². The smallest absolute Gasteiger partial charge is 0.241 e. The van der Waals surface area contributed by atoms with E-state index in [9.17, 15) is 4.79 Å². The Balaban J connectivity index is 1.69. The van der Waals surface area contributed by atoms with E-state index in [2.05, 4.69) is 16.1 Å². The van der Waals surface area contributed by atoms with Gasteiger partial charge in [0.2, 0.25) is 5.91 Å². The molecule has 2 aromatic rings. The Morgan fingerprint density at radius 3 is 2.75 bits per heavy atom. The second-order valence-corrected chi connectivity index (χ2v) is 6.67. The van der Waals surface area contributed by atoms with Gasteiger partial charge in [-0.3, -0.25) is 4.79 Å². The molecule has 128 valence electrons. The maximum absolute atomic E-state index is 12.1. The van der Waals surface area contributed by atoms with Crippen LogP contribution in [-0.4, -0.2) is 21.5 Å². The van der Waals surface area contributed by atoms with Gasteiger partial charge in [0.05, 0.1) is 11.7 Å². The Bertz CT molecular complexity index is 681. The van der Waals surface area contributed by atoms with Crippen LogP contribution in [0.2, 0.25) is 0 Å². The number of nitrogens with one attached hydrogen (secondary N) is 1. The first-order valence-corrected chi connectivity index (χ1v) is 8.81. The SMILES string of the molecule is CCC(C)C(N)C(=O)Nc1ccc(-c2cn3c(n2)CCCC3)cc1. The number of hydrogen-bond donors (Lipinski definition) is 2. The number of anilines is 1. The molecule has 0 fully saturated rings. The second-order valence-electron chi connectivity index (χ2n) is 6.67. The fourth-order valence-electron chi connectivity index (χ4n) is 3.01. The second kappa shape index (κ2) is 7.18. The van der Waals surface area contributed by atoms with Crippen LogP contribution in [0.4, 0.5) is 5.69 Å². The highest BCUT2D eigenvalue weighted by Gasteiger charge is 2.19. The van der Waals surface area contributed by atoms with Crippen molar-refractivity contribution in [1.82, 2.24) is 9.55 Å². The molecule has 1 aliphatic heterocycles. The lowest BCUT2D eigenvalue weighted by Crippen LogP contribution is -2.40. The number of benzene rings is 1. The fourth-order valence-corrected chi connectivity index (χ4v) is 3.01. The van der Waals surface area contributed by atoms with Crippen molar-refractivity contribution in [2.24, 2.45) is 11.7 Å². The largest absolute Gasteiger partial charge is 0.334 e. The van der Waals surface area contributed by atoms with Gasteiger partial charge in [0.25, 0.3) is 0 Å². The Kier molecular flexibility index (Phi) is 5.00. The first-order valence-electron chi connectivity index (χ1n) is 8.81. The molecule has 2 unspecified atom stereocenters. The average Bonchev–Trinajstić information content (AvgIpc) is 3.05. The van der Waals surface area contributed by atoms with E-state index in [-0.39, 0.29) is 11.8 Å². The molecule has 0 aliphatic carbocycles. The number of aryl methyl sites for hydroxylation is 2. The zero-order chi connectivity index (χ0) is 17.1. The van der Waals surface area contributed by atoms with Crippen LogP contribution in [-0.2, 0) is 17.8 Å². The maximum atomic E-state index is 12.1. The third-order valence-corrected chi connectivity index (χ3v) is 4.92. The van der Waals surface area contributed by atoms with Crippen molar-refractivity contribution in [3.05, 3.63) is 36.3 Å². The lowest BCUT2D eigenvalue weighted by Gasteiger charge is -2.17. The molecule has 2 heterocycles. The van der Waals surface area contributed by atoms with E-state index in [1.54, 1.807) is 0 Å². The minimum Gasteiger partial charge on any atom is -0.334 e. The van der Waals surface area contributed by atoms with Crippen molar-refractivity contribution in [1.29, 1.82) is 0 Å². The molecular formula is C19H26N4O. The first-order chi connectivity index (χ1) is 11.6. The van der Waals surface area contributed by atoms with Gasteiger partial charge >= 0.3 is 0 Å². The van der Waals surface area contributed by atoms with Crippen LogP contribution in [0.3, 0.4) is 0 Å². The van der Waals surface area contributed by atoms with E-state index < -0.39 is 6.04 Å². The molecule has 0 radical (unpaired) electrons. The van der Waals surface area contributed by atoms with Crippen molar-refractivity contribution in [2.75, 3.05) is 5.32 Å². The van der Waals surface area contributed by atoms with E-state index in [0.717, 1.165) is 36.3 Å². The molecule has 0 saturated carbocycles. The molecule has 1 aliphatic rings. The molecule has 1 amide bonds. The summed E-state index contributed by atoms with van der Waals surface area (Å²) in [5.41, 5.74) is 8.81. The van der Waals surface area contributed by atoms with E-state index >= 15 is 0 Å². The van der Waals surface area contributed by atoms with Gasteiger partial charge in [0.1, 0.15) is 5.82 Å². The van der Waals surface area contributed by atoms with E-state index in [1.165, 1.54) is 18.7 Å². The highest BCUT2D eigenvalue weighted by atomic mass is 16.2. The average molecular weight is 326 g/mol. The summed E-state index contributed by atoms with van der Waals surface area (Å²) in [6.45, 7) is 5.09. The summed E-state index contributed by atoms with van der Waals surface area (Å²) < 4.78 is 2.25. The molecule has 3 N–H and O–H groups in total. The topological polar surface area (TPSA) is 72.9 Å². The van der Waals surface area contributed by atoms with Gasteiger partial charge in [-0.15, -0.1) is 0 Å². The van der Waals surface area contributed by atoms with Crippen molar-refractivity contribution in [2.45, 2.75) is 52.1 Å². The Morgan fingerprint density at radius 2 is 2.08 bits per heavy atom. The van der Waals surface area contributed by atoms with Crippen LogP contribution in [0, 0.1) is 5.92 Å². The molecule has 3 rings (SSSR count). The number of carbonyl (C=O) groups excluding carboxylic acids is 1. The molecular weight excluding hydrogens is 300 g/mol. The van der Waals surface area contributed by atoms with Gasteiger partial charge in [0, 0.05) is 30.4 Å². The monoisotopic (exact) mass is 326 g/mol. The number of fused-ring (bicyclic) bond motifs is 1. The molecule has 24 heavy (non-hydrogen) atoms. The Morgan fingerprint density at radius 1 is 1.33 bits per heavy atom. The molecule has 0 saturated heterocycles. The van der Waals surface area contributed by atoms with Gasteiger partial charge < -0.3 is 15.6 Å². The lowest BCUT2D eigenvalue weighted by atomic mass is 9.99. The minimum absolute atomic E-state index is 0.130. The van der Waals surface area contributed by atoms with Crippen LogP contribution in [0.15, 0.2) is 30.5 Å². The number of nitrogens with zero attached hydrogens (tertiary/aromatic N) is 2. The number of rotatable bonds is 5. The molecule has 1 aromatic heterocycles. The van der Waals surface area contributed by atoms with E-state index in [0.29, 0.717) is 0 Å². The summed E-state index contributed by atoms with van der Waals surface area (Å²) in [6, 6.07) is 7.34. The standard InChI is InChI=1S/C19H26N4O/c1-3-13(2)18(20)19(24)21-15-9-7-14(8-10-15)16-12-23-11-5-4-6-17(23)22-16/h7-10,12-13,18H,3-6,11,20H2,1-2H3,(H,21,24). The van der Waals surface area contributed by atoms with Crippen LogP contribution in [0.1, 0.15) is 38.9 Å². The van der Waals surface area contributed by atoms with Crippen LogP contribution in [0.5, 0.6) is 0 Å². The van der Waals surface area contributed by atoms with Crippen molar-refractivity contribution < 1.29 is 4.79 Å². The van der Waals surface area contributed by atoms with E-state index in [4.69, 9.17) is 10.7 Å².